The topological polar surface area (TPSA) is 127 Å². The maximum atomic E-state index is 13.9. The first kappa shape index (κ1) is 25.9. The lowest BCUT2D eigenvalue weighted by Gasteiger charge is -2.37. The van der Waals surface area contributed by atoms with Gasteiger partial charge >= 0.3 is 6.03 Å². The quantitative estimate of drug-likeness (QED) is 0.352. The van der Waals surface area contributed by atoms with Crippen molar-refractivity contribution in [1.29, 1.82) is 0 Å². The third-order valence-corrected chi connectivity index (χ3v) is 7.22. The monoisotopic (exact) mass is 549 g/mol. The molecule has 10 nitrogen and oxygen atoms in total. The van der Waals surface area contributed by atoms with E-state index in [9.17, 15) is 19.1 Å². The number of ether oxygens (including phenoxy) is 4. The van der Waals surface area contributed by atoms with Crippen LogP contribution in [0.1, 0.15) is 29.9 Å². The molecule has 6 rings (SSSR count). The third-order valence-electron chi connectivity index (χ3n) is 7.22. The smallest absolute Gasteiger partial charge is 0.323 e. The van der Waals surface area contributed by atoms with Gasteiger partial charge in [-0.3, -0.25) is 4.79 Å². The van der Waals surface area contributed by atoms with E-state index in [-0.39, 0.29) is 37.3 Å². The van der Waals surface area contributed by atoms with Gasteiger partial charge in [0, 0.05) is 23.7 Å². The normalized spacial score (nSPS) is 22.1. The number of anilines is 2. The number of carbonyl (C=O) groups excluding carboxylic acids is 2. The van der Waals surface area contributed by atoms with E-state index in [2.05, 4.69) is 16.0 Å². The number of benzene rings is 3. The molecule has 3 aliphatic rings. The van der Waals surface area contributed by atoms with E-state index in [1.165, 1.54) is 12.1 Å². The van der Waals surface area contributed by atoms with Crippen molar-refractivity contribution < 1.29 is 38.0 Å². The second-order valence-electron chi connectivity index (χ2n) is 9.88. The van der Waals surface area contributed by atoms with Gasteiger partial charge in [0.1, 0.15) is 23.8 Å². The Bertz CT molecular complexity index is 1430. The maximum absolute atomic E-state index is 13.9. The summed E-state index contributed by atoms with van der Waals surface area (Å²) >= 11 is 0. The molecule has 0 unspecified atom stereocenters. The van der Waals surface area contributed by atoms with Crippen molar-refractivity contribution in [1.82, 2.24) is 5.32 Å². The number of carbonyl (C=O) groups is 2. The Morgan fingerprint density at radius 1 is 0.975 bits per heavy atom. The van der Waals surface area contributed by atoms with E-state index in [1.54, 1.807) is 30.3 Å². The highest BCUT2D eigenvalue weighted by Crippen LogP contribution is 2.47. The Balaban J connectivity index is 1.09. The number of halogens is 1. The van der Waals surface area contributed by atoms with Crippen LogP contribution in [0.4, 0.5) is 20.6 Å². The number of urea groups is 1. The number of nitrogens with one attached hydrogen (secondary N) is 3. The molecule has 0 radical (unpaired) electrons. The lowest BCUT2D eigenvalue weighted by molar-refractivity contribution is -0.142. The summed E-state index contributed by atoms with van der Waals surface area (Å²) in [6.07, 6.45) is -0.862. The largest absolute Gasteiger partial charge is 0.487 e. The summed E-state index contributed by atoms with van der Waals surface area (Å²) in [6, 6.07) is 16.1. The molecule has 3 aromatic rings. The van der Waals surface area contributed by atoms with Gasteiger partial charge in [-0.15, -0.1) is 0 Å². The van der Waals surface area contributed by atoms with Gasteiger partial charge < -0.3 is 40.0 Å². The first-order valence-corrected chi connectivity index (χ1v) is 13.0. The number of aliphatic hydroxyl groups is 1. The number of hydrogen-bond acceptors (Lipinski definition) is 7. The third kappa shape index (κ3) is 5.38. The van der Waals surface area contributed by atoms with E-state index in [0.29, 0.717) is 35.9 Å². The Hall–Kier alpha value is -4.35. The van der Waals surface area contributed by atoms with Crippen LogP contribution in [0.25, 0.3) is 0 Å². The summed E-state index contributed by atoms with van der Waals surface area (Å²) in [6.45, 7) is 0.248. The van der Waals surface area contributed by atoms with Crippen molar-refractivity contribution in [2.75, 3.05) is 24.0 Å². The minimum Gasteiger partial charge on any atom is -0.487 e. The molecule has 40 heavy (non-hydrogen) atoms. The van der Waals surface area contributed by atoms with Crippen LogP contribution >= 0.6 is 0 Å². The van der Waals surface area contributed by atoms with Crippen LogP contribution in [0.2, 0.25) is 0 Å². The summed E-state index contributed by atoms with van der Waals surface area (Å²) in [5, 5.41) is 18.1. The maximum Gasteiger partial charge on any atom is 0.323 e. The predicted molar refractivity (Wildman–Crippen MR) is 142 cm³/mol. The number of fused-ring (bicyclic) bond motifs is 4. The van der Waals surface area contributed by atoms with Gasteiger partial charge in [-0.05, 0) is 54.4 Å². The van der Waals surface area contributed by atoms with Crippen molar-refractivity contribution in [3.63, 3.8) is 0 Å². The highest BCUT2D eigenvalue weighted by atomic mass is 19.1. The zero-order chi connectivity index (χ0) is 27.6. The Morgan fingerprint density at radius 2 is 1.80 bits per heavy atom. The van der Waals surface area contributed by atoms with E-state index in [1.807, 2.05) is 18.2 Å². The van der Waals surface area contributed by atoms with Crippen LogP contribution < -0.4 is 30.2 Å². The molecule has 0 spiro atoms. The Labute approximate surface area is 229 Å². The molecular formula is C29H28FN3O7. The average Bonchev–Trinajstić information content (AvgIpc) is 3.57. The molecule has 3 aromatic carbocycles. The molecule has 1 fully saturated rings. The number of aliphatic hydroxyl groups excluding tert-OH is 1. The first-order valence-electron chi connectivity index (χ1n) is 13.0. The van der Waals surface area contributed by atoms with Crippen LogP contribution in [0.5, 0.6) is 17.2 Å². The number of amides is 3. The van der Waals surface area contributed by atoms with Crippen molar-refractivity contribution in [3.8, 4) is 17.2 Å². The second-order valence-corrected chi connectivity index (χ2v) is 9.88. The number of hydrogen-bond donors (Lipinski definition) is 4. The highest BCUT2D eigenvalue weighted by Gasteiger charge is 2.46. The summed E-state index contributed by atoms with van der Waals surface area (Å²) in [5.41, 5.74) is 2.30. The second kappa shape index (κ2) is 11.0. The van der Waals surface area contributed by atoms with Gasteiger partial charge in [-0.2, -0.15) is 0 Å². The molecule has 208 valence electrons. The number of para-hydroxylation sites is 1. The Morgan fingerprint density at radius 3 is 2.65 bits per heavy atom. The molecular weight excluding hydrogens is 521 g/mol. The van der Waals surface area contributed by atoms with Gasteiger partial charge in [0.25, 0.3) is 0 Å². The summed E-state index contributed by atoms with van der Waals surface area (Å²) in [4.78, 5) is 25.3. The molecule has 3 aliphatic heterocycles. The van der Waals surface area contributed by atoms with Crippen molar-refractivity contribution >= 4 is 23.3 Å². The van der Waals surface area contributed by atoms with Gasteiger partial charge in [0.15, 0.2) is 11.5 Å². The summed E-state index contributed by atoms with van der Waals surface area (Å²) < 4.78 is 36.8. The molecule has 1 saturated heterocycles. The predicted octanol–water partition coefficient (Wildman–Crippen LogP) is 3.90. The van der Waals surface area contributed by atoms with Gasteiger partial charge in [0.2, 0.25) is 12.7 Å². The van der Waals surface area contributed by atoms with Gasteiger partial charge in [-0.1, -0.05) is 18.2 Å². The molecule has 11 heteroatoms. The Kier molecular flexibility index (Phi) is 7.14. The fourth-order valence-electron chi connectivity index (χ4n) is 5.34. The van der Waals surface area contributed by atoms with E-state index >= 15 is 0 Å². The van der Waals surface area contributed by atoms with Crippen LogP contribution in [0.3, 0.4) is 0 Å². The van der Waals surface area contributed by atoms with E-state index in [4.69, 9.17) is 18.9 Å². The van der Waals surface area contributed by atoms with Crippen molar-refractivity contribution in [3.05, 3.63) is 77.6 Å². The van der Waals surface area contributed by atoms with Crippen molar-refractivity contribution in [2.24, 2.45) is 0 Å². The van der Waals surface area contributed by atoms with Gasteiger partial charge in [0.05, 0.1) is 24.8 Å². The van der Waals surface area contributed by atoms with Crippen molar-refractivity contribution in [2.45, 2.75) is 43.6 Å². The minimum absolute atomic E-state index is 0.0689. The fourth-order valence-corrected chi connectivity index (χ4v) is 5.34. The molecule has 0 bridgehead atoms. The molecule has 0 aliphatic carbocycles. The van der Waals surface area contributed by atoms with Crippen LogP contribution in [0.15, 0.2) is 60.7 Å². The van der Waals surface area contributed by atoms with Crippen LogP contribution in [-0.2, 0) is 16.1 Å². The number of rotatable bonds is 7. The molecule has 3 heterocycles. The zero-order valence-corrected chi connectivity index (χ0v) is 21.4. The average molecular weight is 550 g/mol. The first-order chi connectivity index (χ1) is 19.5. The van der Waals surface area contributed by atoms with E-state index in [0.717, 1.165) is 11.1 Å². The molecule has 3 amide bonds. The lowest BCUT2D eigenvalue weighted by atomic mass is 9.84. The summed E-state index contributed by atoms with van der Waals surface area (Å²) in [7, 11) is 0. The van der Waals surface area contributed by atoms with Crippen LogP contribution in [0, 0.1) is 5.82 Å². The molecule has 0 aromatic heterocycles. The fraction of sp³-hybridized carbons (Fsp3) is 0.310. The molecule has 4 atom stereocenters. The lowest BCUT2D eigenvalue weighted by Crippen LogP contribution is -2.47. The minimum atomic E-state index is -0.612. The van der Waals surface area contributed by atoms with Gasteiger partial charge in [-0.25, -0.2) is 9.18 Å². The van der Waals surface area contributed by atoms with Crippen LogP contribution in [-0.4, -0.2) is 48.8 Å². The standard InChI is InChI=1S/C29H28FN3O7/c30-21-3-1-2-4-22(21)33-29(36)32-17-6-8-23-19(10-17)20-11-18(39-26(14-34)28(20)40-23)12-27(35)31-13-16-5-7-24-25(9-16)38-15-37-24/h1-10,18,20,26,28,34H,11-15H2,(H,31,35)(H2,32,33,36)/t18-,20+,26-,28-/m1/s1. The summed E-state index contributed by atoms with van der Waals surface area (Å²) in [5.74, 6) is 1.09. The highest BCUT2D eigenvalue weighted by molar-refractivity contribution is 6.00. The molecule has 4 N–H and O–H groups in total. The SMILES string of the molecule is O=C(C[C@H]1C[C@H]2c3cc(NC(=O)Nc4ccccc4F)ccc3O[C@H]2[C@@H](CO)O1)NCc1ccc2c(c1)OCO2. The molecule has 0 saturated carbocycles. The van der Waals surface area contributed by atoms with E-state index < -0.39 is 30.2 Å². The zero-order valence-electron chi connectivity index (χ0n) is 21.4.